The Morgan fingerprint density at radius 3 is 1.73 bits per heavy atom. The van der Waals surface area contributed by atoms with Crippen LogP contribution in [0.4, 0.5) is 0 Å². The molecular weight excluding hydrogens is 188 g/mol. The Bertz CT molecular complexity index is 304. The minimum atomic E-state index is -0.799. The summed E-state index contributed by atoms with van der Waals surface area (Å²) in [5.74, 6) is 0. The first kappa shape index (κ1) is 13.6. The van der Waals surface area contributed by atoms with Crippen LogP contribution in [0.3, 0.4) is 0 Å². The summed E-state index contributed by atoms with van der Waals surface area (Å²) in [6.07, 6.45) is 1.84. The molecule has 1 atom stereocenters. The van der Waals surface area contributed by atoms with Gasteiger partial charge in [0.2, 0.25) is 0 Å². The van der Waals surface area contributed by atoms with Gasteiger partial charge in [-0.15, -0.1) is 0 Å². The zero-order valence-electron chi connectivity index (χ0n) is 9.91. The van der Waals surface area contributed by atoms with E-state index in [2.05, 4.69) is 22.4 Å². The predicted octanol–water partition coefficient (Wildman–Crippen LogP) is 3.21. The quantitative estimate of drug-likeness (QED) is 0.648. The van der Waals surface area contributed by atoms with Crippen LogP contribution in [0.5, 0.6) is 0 Å². The molecule has 0 aromatic heterocycles. The molecule has 0 aliphatic carbocycles. The van der Waals surface area contributed by atoms with Gasteiger partial charge in [-0.2, -0.15) is 20.8 Å². The van der Waals surface area contributed by atoms with Crippen molar-refractivity contribution >= 4 is 0 Å². The Morgan fingerprint density at radius 1 is 0.933 bits per heavy atom. The molecule has 0 aliphatic heterocycles. The van der Waals surface area contributed by atoms with Crippen molar-refractivity contribution in [2.75, 3.05) is 0 Å². The fourth-order valence-corrected chi connectivity index (χ4v) is 0.950. The van der Waals surface area contributed by atoms with Crippen LogP contribution in [-0.4, -0.2) is 11.1 Å². The Labute approximate surface area is 91.6 Å². The molecule has 1 unspecified atom stereocenters. The lowest BCUT2D eigenvalue weighted by Gasteiger charge is -2.19. The lowest BCUT2D eigenvalue weighted by Crippen LogP contribution is -2.24. The second-order valence-corrected chi connectivity index (χ2v) is 3.79. The molecular formula is C11H18N4. The maximum absolute atomic E-state index is 9.03. The lowest BCUT2D eigenvalue weighted by molar-refractivity contribution is 0.438. The molecule has 82 valence electrons. The van der Waals surface area contributed by atoms with Crippen molar-refractivity contribution in [3.05, 3.63) is 0 Å². The van der Waals surface area contributed by atoms with Crippen LogP contribution in [0.2, 0.25) is 0 Å². The minimum Gasteiger partial charge on any atom is -0.196 e. The molecule has 0 fully saturated rings. The molecule has 0 saturated heterocycles. The summed E-state index contributed by atoms with van der Waals surface area (Å²) in [5.41, 5.74) is -1.56. The standard InChI is InChI=1S/C11H18N4/c1-5-10(4,8-12)14-15-11(6-2,7-3)9-13/h5-7H2,1-4H3/b15-14+. The molecule has 0 aliphatic rings. The van der Waals surface area contributed by atoms with E-state index in [-0.39, 0.29) is 0 Å². The van der Waals surface area contributed by atoms with Gasteiger partial charge < -0.3 is 0 Å². The van der Waals surface area contributed by atoms with Crippen LogP contribution in [0, 0.1) is 22.7 Å². The van der Waals surface area contributed by atoms with Gasteiger partial charge in [-0.05, 0) is 26.2 Å². The van der Waals surface area contributed by atoms with Crippen molar-refractivity contribution in [1.82, 2.24) is 0 Å². The molecule has 0 aromatic rings. The smallest absolute Gasteiger partial charge is 0.167 e. The fourth-order valence-electron chi connectivity index (χ4n) is 0.950. The number of rotatable bonds is 5. The third-order valence-electron chi connectivity index (χ3n) is 2.77. The normalized spacial score (nSPS) is 15.6. The first-order valence-corrected chi connectivity index (χ1v) is 5.28. The van der Waals surface area contributed by atoms with E-state index in [0.717, 1.165) is 0 Å². The van der Waals surface area contributed by atoms with E-state index < -0.39 is 11.1 Å². The molecule has 0 bridgehead atoms. The van der Waals surface area contributed by atoms with E-state index in [9.17, 15) is 0 Å². The van der Waals surface area contributed by atoms with Crippen LogP contribution in [0.25, 0.3) is 0 Å². The summed E-state index contributed by atoms with van der Waals surface area (Å²) < 4.78 is 0. The highest BCUT2D eigenvalue weighted by atomic mass is 15.2. The van der Waals surface area contributed by atoms with Gasteiger partial charge >= 0.3 is 0 Å². The molecule has 0 radical (unpaired) electrons. The third kappa shape index (κ3) is 3.32. The molecule has 0 saturated carbocycles. The first-order valence-electron chi connectivity index (χ1n) is 5.28. The van der Waals surface area contributed by atoms with Crippen LogP contribution in [0.15, 0.2) is 10.2 Å². The Balaban J connectivity index is 4.93. The van der Waals surface area contributed by atoms with Gasteiger partial charge in [0.15, 0.2) is 11.1 Å². The van der Waals surface area contributed by atoms with Crippen molar-refractivity contribution in [1.29, 1.82) is 10.5 Å². The van der Waals surface area contributed by atoms with E-state index in [4.69, 9.17) is 10.5 Å². The average Bonchev–Trinajstić information content (AvgIpc) is 2.31. The SMILES string of the molecule is CCC(C)(C#N)/N=N/C(C#N)(CC)CC. The number of nitrogens with zero attached hydrogens (tertiary/aromatic N) is 4. The van der Waals surface area contributed by atoms with Gasteiger partial charge in [0.25, 0.3) is 0 Å². The summed E-state index contributed by atoms with van der Waals surface area (Å²) in [6, 6.07) is 4.27. The van der Waals surface area contributed by atoms with Crippen LogP contribution >= 0.6 is 0 Å². The molecule has 0 aromatic carbocycles. The summed E-state index contributed by atoms with van der Waals surface area (Å²) in [6.45, 7) is 7.42. The van der Waals surface area contributed by atoms with Crippen molar-refractivity contribution in [2.24, 2.45) is 10.2 Å². The number of azo groups is 1. The number of hydrogen-bond donors (Lipinski definition) is 0. The van der Waals surface area contributed by atoms with Crippen LogP contribution in [-0.2, 0) is 0 Å². The monoisotopic (exact) mass is 206 g/mol. The molecule has 0 heterocycles. The predicted molar refractivity (Wildman–Crippen MR) is 58.1 cm³/mol. The summed E-state index contributed by atoms with van der Waals surface area (Å²) in [7, 11) is 0. The highest BCUT2D eigenvalue weighted by molar-refractivity contribution is 5.07. The fraction of sp³-hybridized carbons (Fsp3) is 0.818. The van der Waals surface area contributed by atoms with E-state index in [1.807, 2.05) is 20.8 Å². The molecule has 0 N–H and O–H groups in total. The molecule has 15 heavy (non-hydrogen) atoms. The van der Waals surface area contributed by atoms with Crippen molar-refractivity contribution in [3.8, 4) is 12.1 Å². The van der Waals surface area contributed by atoms with E-state index in [1.165, 1.54) is 0 Å². The molecule has 0 amide bonds. The molecule has 4 nitrogen and oxygen atoms in total. The Kier molecular flexibility index (Phi) is 4.94. The molecule has 4 heteroatoms. The number of hydrogen-bond acceptors (Lipinski definition) is 4. The van der Waals surface area contributed by atoms with Gasteiger partial charge in [0.1, 0.15) is 0 Å². The van der Waals surface area contributed by atoms with Gasteiger partial charge in [0, 0.05) is 0 Å². The largest absolute Gasteiger partial charge is 0.196 e. The third-order valence-corrected chi connectivity index (χ3v) is 2.77. The Morgan fingerprint density at radius 2 is 1.47 bits per heavy atom. The number of nitriles is 2. The van der Waals surface area contributed by atoms with E-state index >= 15 is 0 Å². The van der Waals surface area contributed by atoms with Crippen LogP contribution < -0.4 is 0 Å². The van der Waals surface area contributed by atoms with Crippen LogP contribution in [0.1, 0.15) is 47.0 Å². The van der Waals surface area contributed by atoms with E-state index in [1.54, 1.807) is 6.92 Å². The summed E-state index contributed by atoms with van der Waals surface area (Å²) in [5, 5.41) is 26.0. The van der Waals surface area contributed by atoms with Gasteiger partial charge in [0.05, 0.1) is 12.1 Å². The molecule has 0 spiro atoms. The second-order valence-electron chi connectivity index (χ2n) is 3.79. The second kappa shape index (κ2) is 5.46. The van der Waals surface area contributed by atoms with Gasteiger partial charge in [-0.3, -0.25) is 0 Å². The first-order chi connectivity index (χ1) is 7.01. The topological polar surface area (TPSA) is 72.3 Å². The highest BCUT2D eigenvalue weighted by Gasteiger charge is 2.28. The highest BCUT2D eigenvalue weighted by Crippen LogP contribution is 2.23. The molecule has 0 rings (SSSR count). The van der Waals surface area contributed by atoms with Crippen molar-refractivity contribution in [2.45, 2.75) is 58.0 Å². The minimum absolute atomic E-state index is 0.599. The van der Waals surface area contributed by atoms with Gasteiger partial charge in [-0.25, -0.2) is 0 Å². The van der Waals surface area contributed by atoms with Gasteiger partial charge in [-0.1, -0.05) is 20.8 Å². The summed E-state index contributed by atoms with van der Waals surface area (Å²) in [4.78, 5) is 0. The summed E-state index contributed by atoms with van der Waals surface area (Å²) >= 11 is 0. The maximum atomic E-state index is 9.03. The zero-order valence-corrected chi connectivity index (χ0v) is 9.91. The zero-order chi connectivity index (χ0) is 11.9. The Hall–Kier alpha value is -1.42. The maximum Gasteiger partial charge on any atom is 0.167 e. The van der Waals surface area contributed by atoms with Crippen molar-refractivity contribution in [3.63, 3.8) is 0 Å². The lowest BCUT2D eigenvalue weighted by atomic mass is 9.96. The van der Waals surface area contributed by atoms with E-state index in [0.29, 0.717) is 19.3 Å². The van der Waals surface area contributed by atoms with Crippen molar-refractivity contribution < 1.29 is 0 Å². The average molecular weight is 206 g/mol.